The molecule has 0 radical (unpaired) electrons. The van der Waals surface area contributed by atoms with Crippen LogP contribution < -0.4 is 0 Å². The Morgan fingerprint density at radius 2 is 1.00 bits per heavy atom. The summed E-state index contributed by atoms with van der Waals surface area (Å²) < 4.78 is 15.4. The Hall–Kier alpha value is -5.54. The summed E-state index contributed by atoms with van der Waals surface area (Å²) in [4.78, 5) is 0. The standard InChI is InChI=1S/C38H23NO2/c1-2-12-24(13-3-1)39-32-21-8-6-16-29(32)38-36(39)31-20-10-19-28(37(31)41-38)26-15-5-4-14-25(26)27-18-11-23-34-35(27)30-17-7-9-22-33(30)40-34/h1-23H. The molecule has 0 aliphatic rings. The van der Waals surface area contributed by atoms with Crippen LogP contribution in [0.25, 0.3) is 82.9 Å². The van der Waals surface area contributed by atoms with E-state index in [-0.39, 0.29) is 0 Å². The maximum Gasteiger partial charge on any atom is 0.161 e. The summed E-state index contributed by atoms with van der Waals surface area (Å²) in [5, 5.41) is 4.46. The topological polar surface area (TPSA) is 31.2 Å². The molecule has 0 aliphatic carbocycles. The minimum Gasteiger partial charge on any atom is -0.456 e. The van der Waals surface area contributed by atoms with Crippen LogP contribution >= 0.6 is 0 Å². The number of rotatable bonds is 3. The monoisotopic (exact) mass is 525 g/mol. The van der Waals surface area contributed by atoms with Gasteiger partial charge in [0.25, 0.3) is 0 Å². The van der Waals surface area contributed by atoms with E-state index in [1.807, 2.05) is 12.1 Å². The van der Waals surface area contributed by atoms with Gasteiger partial charge in [-0.25, -0.2) is 0 Å². The predicted molar refractivity (Wildman–Crippen MR) is 169 cm³/mol. The fourth-order valence-corrected chi connectivity index (χ4v) is 6.50. The fourth-order valence-electron chi connectivity index (χ4n) is 6.50. The highest BCUT2D eigenvalue weighted by molar-refractivity contribution is 6.19. The molecule has 0 atom stereocenters. The number of aromatic nitrogens is 1. The first-order valence-corrected chi connectivity index (χ1v) is 13.9. The van der Waals surface area contributed by atoms with Crippen LogP contribution in [0.5, 0.6) is 0 Å². The summed E-state index contributed by atoms with van der Waals surface area (Å²) in [6.45, 7) is 0. The molecular weight excluding hydrogens is 502 g/mol. The molecular formula is C38H23NO2. The van der Waals surface area contributed by atoms with Crippen molar-refractivity contribution in [2.24, 2.45) is 0 Å². The SMILES string of the molecule is c1ccc(-n2c3ccccc3c3oc4c(-c5ccccc5-c5cccc6oc7ccccc7c56)cccc4c32)cc1. The van der Waals surface area contributed by atoms with Crippen molar-refractivity contribution < 1.29 is 8.83 Å². The highest BCUT2D eigenvalue weighted by Crippen LogP contribution is 2.45. The average Bonchev–Trinajstić information content (AvgIpc) is 3.70. The first kappa shape index (κ1) is 22.3. The molecule has 41 heavy (non-hydrogen) atoms. The molecule has 0 saturated carbocycles. The molecule has 9 aromatic rings. The Kier molecular flexibility index (Phi) is 4.61. The molecule has 0 N–H and O–H groups in total. The summed E-state index contributed by atoms with van der Waals surface area (Å²) in [6, 6.07) is 48.7. The summed E-state index contributed by atoms with van der Waals surface area (Å²) in [6.07, 6.45) is 0. The lowest BCUT2D eigenvalue weighted by Gasteiger charge is -2.12. The number of fused-ring (bicyclic) bond motifs is 8. The van der Waals surface area contributed by atoms with E-state index in [1.54, 1.807) is 0 Å². The van der Waals surface area contributed by atoms with E-state index in [2.05, 4.69) is 132 Å². The van der Waals surface area contributed by atoms with Crippen molar-refractivity contribution in [2.45, 2.75) is 0 Å². The maximum absolute atomic E-state index is 6.85. The lowest BCUT2D eigenvalue weighted by Crippen LogP contribution is -1.93. The Labute approximate surface area is 235 Å². The van der Waals surface area contributed by atoms with Gasteiger partial charge in [0, 0.05) is 32.8 Å². The number of para-hydroxylation sites is 4. The summed E-state index contributed by atoms with van der Waals surface area (Å²) >= 11 is 0. The molecule has 6 aromatic carbocycles. The minimum absolute atomic E-state index is 0.892. The molecule has 0 aliphatic heterocycles. The van der Waals surface area contributed by atoms with E-state index < -0.39 is 0 Å². The van der Waals surface area contributed by atoms with Crippen LogP contribution in [0.15, 0.2) is 148 Å². The number of furan rings is 2. The van der Waals surface area contributed by atoms with Crippen LogP contribution in [0.4, 0.5) is 0 Å². The van der Waals surface area contributed by atoms with Gasteiger partial charge in [-0.3, -0.25) is 0 Å². The first-order chi connectivity index (χ1) is 20.4. The van der Waals surface area contributed by atoms with Crippen LogP contribution in [0.2, 0.25) is 0 Å². The van der Waals surface area contributed by atoms with Gasteiger partial charge in [-0.05, 0) is 59.2 Å². The smallest absolute Gasteiger partial charge is 0.161 e. The van der Waals surface area contributed by atoms with E-state index >= 15 is 0 Å². The zero-order chi connectivity index (χ0) is 26.9. The number of hydrogen-bond acceptors (Lipinski definition) is 2. The maximum atomic E-state index is 6.85. The Bertz CT molecular complexity index is 2420. The molecule has 9 rings (SSSR count). The third-order valence-electron chi connectivity index (χ3n) is 8.23. The van der Waals surface area contributed by atoms with Crippen molar-refractivity contribution >= 4 is 54.9 Å². The van der Waals surface area contributed by atoms with E-state index in [1.165, 1.54) is 0 Å². The molecule has 0 unspecified atom stereocenters. The van der Waals surface area contributed by atoms with Crippen molar-refractivity contribution in [3.63, 3.8) is 0 Å². The number of nitrogens with zero attached hydrogens (tertiary/aromatic N) is 1. The third-order valence-corrected chi connectivity index (χ3v) is 8.23. The van der Waals surface area contributed by atoms with E-state index in [9.17, 15) is 0 Å². The molecule has 3 nitrogen and oxygen atoms in total. The number of hydrogen-bond donors (Lipinski definition) is 0. The highest BCUT2D eigenvalue weighted by Gasteiger charge is 2.22. The van der Waals surface area contributed by atoms with Crippen molar-refractivity contribution in [1.82, 2.24) is 4.57 Å². The molecule has 0 spiro atoms. The van der Waals surface area contributed by atoms with Crippen LogP contribution in [-0.2, 0) is 0 Å². The van der Waals surface area contributed by atoms with E-state index in [4.69, 9.17) is 8.83 Å². The van der Waals surface area contributed by atoms with Gasteiger partial charge in [-0.15, -0.1) is 0 Å². The van der Waals surface area contributed by atoms with Crippen LogP contribution in [-0.4, -0.2) is 4.57 Å². The van der Waals surface area contributed by atoms with Gasteiger partial charge in [-0.2, -0.15) is 0 Å². The molecule has 3 heteroatoms. The van der Waals surface area contributed by atoms with Gasteiger partial charge < -0.3 is 13.4 Å². The zero-order valence-corrected chi connectivity index (χ0v) is 22.0. The van der Waals surface area contributed by atoms with Gasteiger partial charge in [0.05, 0.1) is 5.52 Å². The normalized spacial score (nSPS) is 11.9. The molecule has 0 amide bonds. The largest absolute Gasteiger partial charge is 0.456 e. The van der Waals surface area contributed by atoms with Crippen LogP contribution in [0.1, 0.15) is 0 Å². The molecule has 0 fully saturated rings. The van der Waals surface area contributed by atoms with E-state index in [0.29, 0.717) is 0 Å². The predicted octanol–water partition coefficient (Wildman–Crippen LogP) is 10.8. The Morgan fingerprint density at radius 1 is 0.390 bits per heavy atom. The number of benzene rings is 6. The summed E-state index contributed by atoms with van der Waals surface area (Å²) in [7, 11) is 0. The Morgan fingerprint density at radius 3 is 1.88 bits per heavy atom. The second-order valence-electron chi connectivity index (χ2n) is 10.5. The van der Waals surface area contributed by atoms with Gasteiger partial charge in [0.1, 0.15) is 22.3 Å². The molecule has 0 bridgehead atoms. The lowest BCUT2D eigenvalue weighted by atomic mass is 9.91. The fraction of sp³-hybridized carbons (Fsp3) is 0. The third kappa shape index (κ3) is 3.14. The molecule has 0 saturated heterocycles. The van der Waals surface area contributed by atoms with Crippen LogP contribution in [0, 0.1) is 0 Å². The van der Waals surface area contributed by atoms with Gasteiger partial charge in [-0.1, -0.05) is 97.1 Å². The molecule has 3 aromatic heterocycles. The molecule has 3 heterocycles. The van der Waals surface area contributed by atoms with Crippen LogP contribution in [0.3, 0.4) is 0 Å². The van der Waals surface area contributed by atoms with Crippen molar-refractivity contribution in [2.75, 3.05) is 0 Å². The second kappa shape index (κ2) is 8.48. The highest BCUT2D eigenvalue weighted by atomic mass is 16.3. The molecule has 192 valence electrons. The van der Waals surface area contributed by atoms with Gasteiger partial charge in [0.15, 0.2) is 5.58 Å². The van der Waals surface area contributed by atoms with Crippen molar-refractivity contribution in [1.29, 1.82) is 0 Å². The average molecular weight is 526 g/mol. The van der Waals surface area contributed by atoms with Crippen molar-refractivity contribution in [3.05, 3.63) is 140 Å². The zero-order valence-electron chi connectivity index (χ0n) is 22.0. The lowest BCUT2D eigenvalue weighted by molar-refractivity contribution is 0.669. The first-order valence-electron chi connectivity index (χ1n) is 13.9. The summed E-state index contributed by atoms with van der Waals surface area (Å²) in [5.41, 5.74) is 11.4. The minimum atomic E-state index is 0.892. The van der Waals surface area contributed by atoms with E-state index in [0.717, 1.165) is 82.9 Å². The Balaban J connectivity index is 1.36. The second-order valence-corrected chi connectivity index (χ2v) is 10.5. The summed E-state index contributed by atoms with van der Waals surface area (Å²) in [5.74, 6) is 0. The van der Waals surface area contributed by atoms with Gasteiger partial charge in [0.2, 0.25) is 0 Å². The quantitative estimate of drug-likeness (QED) is 0.230. The van der Waals surface area contributed by atoms with Gasteiger partial charge >= 0.3 is 0 Å². The van der Waals surface area contributed by atoms with Crippen molar-refractivity contribution in [3.8, 4) is 27.9 Å².